The molecule has 0 bridgehead atoms. The molecule has 0 saturated carbocycles. The van der Waals surface area contributed by atoms with Crippen LogP contribution in [0, 0.1) is 5.82 Å². The maximum Gasteiger partial charge on any atom is 0.129 e. The van der Waals surface area contributed by atoms with Gasteiger partial charge in [-0.2, -0.15) is 0 Å². The second-order valence-electron chi connectivity index (χ2n) is 7.65. The Kier molecular flexibility index (Phi) is 8.22. The third kappa shape index (κ3) is 6.25. The average molecular weight is 434 g/mol. The first-order chi connectivity index (χ1) is 14.5. The van der Waals surface area contributed by atoms with E-state index in [0.29, 0.717) is 37.4 Å². The Hall–Kier alpha value is -1.99. The van der Waals surface area contributed by atoms with Crippen molar-refractivity contribution >= 4 is 17.3 Å². The second-order valence-corrected chi connectivity index (χ2v) is 8.09. The molecule has 0 aliphatic carbocycles. The highest BCUT2D eigenvalue weighted by atomic mass is 35.5. The minimum Gasteiger partial charge on any atom is -0.394 e. The van der Waals surface area contributed by atoms with Crippen LogP contribution in [0.1, 0.15) is 36.8 Å². The Morgan fingerprint density at radius 1 is 1.13 bits per heavy atom. The van der Waals surface area contributed by atoms with Gasteiger partial charge in [0.2, 0.25) is 0 Å². The van der Waals surface area contributed by atoms with Crippen LogP contribution in [0.3, 0.4) is 0 Å². The summed E-state index contributed by atoms with van der Waals surface area (Å²) >= 11 is 5.96. The van der Waals surface area contributed by atoms with E-state index in [-0.39, 0.29) is 5.82 Å². The number of nitrogens with zero attached hydrogens (tertiary/aromatic N) is 2. The highest BCUT2D eigenvalue weighted by molar-refractivity contribution is 6.30. The Morgan fingerprint density at radius 3 is 2.43 bits per heavy atom. The van der Waals surface area contributed by atoms with E-state index < -0.39 is 5.60 Å². The number of rotatable bonds is 9. The first kappa shape index (κ1) is 22.7. The van der Waals surface area contributed by atoms with Gasteiger partial charge in [-0.05, 0) is 67.6 Å². The third-order valence-corrected chi connectivity index (χ3v) is 5.77. The van der Waals surface area contributed by atoms with E-state index in [1.807, 2.05) is 24.3 Å². The molecule has 1 heterocycles. The number of oxime groups is 1. The van der Waals surface area contributed by atoms with Gasteiger partial charge in [0.25, 0.3) is 0 Å². The first-order valence-corrected chi connectivity index (χ1v) is 10.7. The maximum atomic E-state index is 13.2. The van der Waals surface area contributed by atoms with Gasteiger partial charge in [0, 0.05) is 24.7 Å². The fourth-order valence-electron chi connectivity index (χ4n) is 3.73. The lowest BCUT2D eigenvalue weighted by Crippen LogP contribution is -2.42. The molecule has 1 fully saturated rings. The molecule has 0 spiro atoms. The zero-order valence-corrected chi connectivity index (χ0v) is 17.8. The summed E-state index contributed by atoms with van der Waals surface area (Å²) < 4.78 is 13.2. The van der Waals surface area contributed by atoms with Crippen LogP contribution in [0.15, 0.2) is 53.7 Å². The van der Waals surface area contributed by atoms with Gasteiger partial charge in [-0.3, -0.25) is 0 Å². The number of aliphatic hydroxyl groups is 1. The summed E-state index contributed by atoms with van der Waals surface area (Å²) in [5.41, 5.74) is 7.24. The number of piperidine rings is 1. The summed E-state index contributed by atoms with van der Waals surface area (Å²) in [4.78, 5) is 7.62. The lowest BCUT2D eigenvalue weighted by atomic mass is 9.84. The molecule has 3 rings (SSSR count). The van der Waals surface area contributed by atoms with Crippen molar-refractivity contribution in [3.63, 3.8) is 0 Å². The number of halogens is 2. The topological polar surface area (TPSA) is 71.1 Å². The quantitative estimate of drug-likeness (QED) is 0.357. The Labute approximate surface area is 182 Å². The molecule has 0 radical (unpaired) electrons. The van der Waals surface area contributed by atoms with Crippen LogP contribution >= 0.6 is 11.6 Å². The monoisotopic (exact) mass is 433 g/mol. The molecule has 0 unspecified atom stereocenters. The SMILES string of the molecule is NCCO/N=C(\CCCN1CCC(O)(c2ccc(Cl)cc2)CC1)c1ccc(F)cc1. The molecular formula is C23H29ClFN3O2. The summed E-state index contributed by atoms with van der Waals surface area (Å²) in [5.74, 6) is -0.275. The van der Waals surface area contributed by atoms with Crippen LogP contribution in [0.4, 0.5) is 4.39 Å². The summed E-state index contributed by atoms with van der Waals surface area (Å²) in [6, 6.07) is 13.7. The molecule has 3 N–H and O–H groups in total. The highest BCUT2D eigenvalue weighted by Gasteiger charge is 2.33. The lowest BCUT2D eigenvalue weighted by Gasteiger charge is -2.38. The molecule has 0 amide bonds. The molecule has 1 aliphatic rings. The van der Waals surface area contributed by atoms with Crippen molar-refractivity contribution in [1.29, 1.82) is 0 Å². The van der Waals surface area contributed by atoms with E-state index in [1.54, 1.807) is 12.1 Å². The number of benzene rings is 2. The van der Waals surface area contributed by atoms with Crippen LogP contribution < -0.4 is 5.73 Å². The minimum atomic E-state index is -0.794. The number of nitrogens with two attached hydrogens (primary N) is 1. The van der Waals surface area contributed by atoms with Crippen LogP contribution in [0.5, 0.6) is 0 Å². The largest absolute Gasteiger partial charge is 0.394 e. The lowest BCUT2D eigenvalue weighted by molar-refractivity contribution is -0.0259. The molecule has 162 valence electrons. The Bertz CT molecular complexity index is 819. The molecule has 5 nitrogen and oxygen atoms in total. The smallest absolute Gasteiger partial charge is 0.129 e. The van der Waals surface area contributed by atoms with E-state index in [0.717, 1.165) is 42.9 Å². The van der Waals surface area contributed by atoms with Crippen molar-refractivity contribution in [3.05, 3.63) is 70.5 Å². The molecule has 2 aromatic carbocycles. The van der Waals surface area contributed by atoms with Crippen LogP contribution in [0.2, 0.25) is 5.02 Å². The van der Waals surface area contributed by atoms with E-state index in [4.69, 9.17) is 22.2 Å². The molecule has 30 heavy (non-hydrogen) atoms. The molecule has 0 aromatic heterocycles. The van der Waals surface area contributed by atoms with Crippen molar-refractivity contribution in [1.82, 2.24) is 4.90 Å². The molecule has 1 aliphatic heterocycles. The van der Waals surface area contributed by atoms with Crippen molar-refractivity contribution in [2.24, 2.45) is 10.9 Å². The van der Waals surface area contributed by atoms with E-state index in [1.165, 1.54) is 12.1 Å². The molecule has 1 saturated heterocycles. The van der Waals surface area contributed by atoms with Crippen molar-refractivity contribution in [2.45, 2.75) is 31.3 Å². The fraction of sp³-hybridized carbons (Fsp3) is 0.435. The predicted octanol–water partition coefficient (Wildman–Crippen LogP) is 3.92. The average Bonchev–Trinajstić information content (AvgIpc) is 2.75. The van der Waals surface area contributed by atoms with Gasteiger partial charge in [-0.25, -0.2) is 4.39 Å². The van der Waals surface area contributed by atoms with Gasteiger partial charge in [-0.1, -0.05) is 41.0 Å². The first-order valence-electron chi connectivity index (χ1n) is 10.4. The summed E-state index contributed by atoms with van der Waals surface area (Å²) in [6.07, 6.45) is 2.98. The maximum absolute atomic E-state index is 13.2. The van der Waals surface area contributed by atoms with E-state index >= 15 is 0 Å². The van der Waals surface area contributed by atoms with Gasteiger partial charge >= 0.3 is 0 Å². The molecule has 0 atom stereocenters. The standard InChI is InChI=1S/C23H29ClFN3O2/c24-20-7-5-19(6-8-20)23(29)11-15-28(16-12-23)14-1-2-22(27-30-17-13-26)18-3-9-21(25)10-4-18/h3-10,29H,1-2,11-17,26H2/b27-22+. The second kappa shape index (κ2) is 10.9. The van der Waals surface area contributed by atoms with E-state index in [9.17, 15) is 9.50 Å². The third-order valence-electron chi connectivity index (χ3n) is 5.51. The van der Waals surface area contributed by atoms with Crippen molar-refractivity contribution in [2.75, 3.05) is 32.8 Å². The number of likely N-dealkylation sites (tertiary alicyclic amines) is 1. The summed E-state index contributed by atoms with van der Waals surface area (Å²) in [7, 11) is 0. The Balaban J connectivity index is 1.51. The van der Waals surface area contributed by atoms with Gasteiger partial charge in [-0.15, -0.1) is 0 Å². The molecule has 2 aromatic rings. The molecule has 7 heteroatoms. The predicted molar refractivity (Wildman–Crippen MR) is 118 cm³/mol. The number of hydrogen-bond donors (Lipinski definition) is 2. The molecular weight excluding hydrogens is 405 g/mol. The van der Waals surface area contributed by atoms with Gasteiger partial charge in [0.15, 0.2) is 0 Å². The van der Waals surface area contributed by atoms with Gasteiger partial charge in [0.1, 0.15) is 12.4 Å². The Morgan fingerprint density at radius 2 is 1.80 bits per heavy atom. The van der Waals surface area contributed by atoms with Gasteiger partial charge in [0.05, 0.1) is 11.3 Å². The summed E-state index contributed by atoms with van der Waals surface area (Å²) in [6.45, 7) is 3.29. The van der Waals surface area contributed by atoms with Crippen molar-refractivity contribution in [3.8, 4) is 0 Å². The zero-order chi connectivity index (χ0) is 21.4. The van der Waals surface area contributed by atoms with Crippen molar-refractivity contribution < 1.29 is 14.3 Å². The highest BCUT2D eigenvalue weighted by Crippen LogP contribution is 2.33. The summed E-state index contributed by atoms with van der Waals surface area (Å²) in [5, 5.41) is 15.9. The normalized spacial score (nSPS) is 17.1. The fourth-order valence-corrected chi connectivity index (χ4v) is 3.85. The number of hydrogen-bond acceptors (Lipinski definition) is 5. The van der Waals surface area contributed by atoms with Crippen LogP contribution in [-0.2, 0) is 10.4 Å². The minimum absolute atomic E-state index is 0.275. The van der Waals surface area contributed by atoms with E-state index in [2.05, 4.69) is 10.1 Å². The van der Waals surface area contributed by atoms with Crippen LogP contribution in [-0.4, -0.2) is 48.5 Å². The van der Waals surface area contributed by atoms with Crippen LogP contribution in [0.25, 0.3) is 0 Å². The zero-order valence-electron chi connectivity index (χ0n) is 17.1. The van der Waals surface area contributed by atoms with Gasteiger partial charge < -0.3 is 20.6 Å².